The summed E-state index contributed by atoms with van der Waals surface area (Å²) in [6, 6.07) is 22.7. The number of aromatic nitrogens is 1. The molecule has 9 heteroatoms. The molecule has 39 heavy (non-hydrogen) atoms. The first-order valence-electron chi connectivity index (χ1n) is 12.0. The van der Waals surface area contributed by atoms with E-state index in [1.165, 1.54) is 13.8 Å². The van der Waals surface area contributed by atoms with E-state index < -0.39 is 34.6 Å². The van der Waals surface area contributed by atoms with E-state index in [2.05, 4.69) is 4.98 Å². The maximum Gasteiger partial charge on any atom is 0.380 e. The average molecular weight is 572 g/mol. The third kappa shape index (κ3) is 3.70. The quantitative estimate of drug-likeness (QED) is 0.196. The summed E-state index contributed by atoms with van der Waals surface area (Å²) in [6.45, 7) is 2.92. The number of allylic oxidation sites excluding steroid dienone is 2. The number of thiazole rings is 1. The molecule has 0 fully saturated rings. The second-order valence-corrected chi connectivity index (χ2v) is 11.8. The molecule has 1 aliphatic carbocycles. The minimum Gasteiger partial charge on any atom is -0.236 e. The second-order valence-electron chi connectivity index (χ2n) is 9.37. The normalized spacial score (nSPS) is 17.7. The number of alkyl halides is 6. The van der Waals surface area contributed by atoms with Crippen LogP contribution in [0.3, 0.4) is 0 Å². The van der Waals surface area contributed by atoms with Crippen molar-refractivity contribution >= 4 is 43.9 Å². The summed E-state index contributed by atoms with van der Waals surface area (Å²) in [7, 11) is 0. The van der Waals surface area contributed by atoms with Crippen LogP contribution >= 0.6 is 22.7 Å². The zero-order valence-electron chi connectivity index (χ0n) is 20.5. The molecule has 1 nitrogen and oxygen atoms in total. The number of halogens is 6. The van der Waals surface area contributed by atoms with E-state index in [-0.39, 0.29) is 25.7 Å². The number of hydrogen-bond acceptors (Lipinski definition) is 3. The fraction of sp³-hybridized carbons (Fsp3) is 0.167. The third-order valence-electron chi connectivity index (χ3n) is 6.94. The lowest BCUT2D eigenvalue weighted by Crippen LogP contribution is -2.49. The fourth-order valence-electron chi connectivity index (χ4n) is 5.05. The van der Waals surface area contributed by atoms with Gasteiger partial charge in [0, 0.05) is 36.5 Å². The zero-order chi connectivity index (χ0) is 27.7. The number of benzene rings is 3. The number of aryl methyl sites for hydroxylation is 2. The van der Waals surface area contributed by atoms with Crippen molar-refractivity contribution in [2.75, 3.05) is 0 Å². The predicted octanol–water partition coefficient (Wildman–Crippen LogP) is 10.1. The minimum atomic E-state index is -5.65. The molecule has 198 valence electrons. The topological polar surface area (TPSA) is 12.9 Å². The summed E-state index contributed by atoms with van der Waals surface area (Å²) in [5.74, 6) is -15.9. The number of fused-ring (bicyclic) bond motifs is 1. The average Bonchev–Trinajstić information content (AvgIpc) is 3.48. The van der Waals surface area contributed by atoms with Crippen molar-refractivity contribution in [2.45, 2.75) is 31.6 Å². The molecule has 0 saturated carbocycles. The molecular weight excluding hydrogens is 552 g/mol. The Morgan fingerprint density at radius 2 is 1.21 bits per heavy atom. The monoisotopic (exact) mass is 571 g/mol. The second kappa shape index (κ2) is 8.79. The Morgan fingerprint density at radius 1 is 0.615 bits per heavy atom. The molecule has 0 N–H and O–H groups in total. The van der Waals surface area contributed by atoms with Crippen molar-refractivity contribution in [3.63, 3.8) is 0 Å². The van der Waals surface area contributed by atoms with Gasteiger partial charge >= 0.3 is 17.8 Å². The van der Waals surface area contributed by atoms with Crippen LogP contribution in [0.2, 0.25) is 0 Å². The summed E-state index contributed by atoms with van der Waals surface area (Å²) in [4.78, 5) is 4.63. The smallest absolute Gasteiger partial charge is 0.236 e. The number of rotatable bonds is 4. The maximum absolute atomic E-state index is 15.7. The van der Waals surface area contributed by atoms with Gasteiger partial charge in [0.2, 0.25) is 0 Å². The highest BCUT2D eigenvalue weighted by atomic mass is 32.1. The Hall–Kier alpha value is -3.43. The molecule has 0 unspecified atom stereocenters. The van der Waals surface area contributed by atoms with Crippen LogP contribution in [0.5, 0.6) is 0 Å². The molecule has 0 bridgehead atoms. The van der Waals surface area contributed by atoms with Crippen molar-refractivity contribution in [3.8, 4) is 21.7 Å². The maximum atomic E-state index is 15.7. The molecule has 1 aliphatic rings. The minimum absolute atomic E-state index is 0.150. The Morgan fingerprint density at radius 3 is 1.85 bits per heavy atom. The summed E-state index contributed by atoms with van der Waals surface area (Å²) in [6.07, 6.45) is 0. The summed E-state index contributed by atoms with van der Waals surface area (Å²) in [5.41, 5.74) is -1.60. The molecule has 3 aromatic carbocycles. The van der Waals surface area contributed by atoms with Gasteiger partial charge in [-0.05, 0) is 37.1 Å². The van der Waals surface area contributed by atoms with E-state index in [9.17, 15) is 0 Å². The van der Waals surface area contributed by atoms with Crippen LogP contribution in [-0.4, -0.2) is 22.8 Å². The van der Waals surface area contributed by atoms with Gasteiger partial charge in [0.1, 0.15) is 5.01 Å². The molecule has 0 saturated heterocycles. The molecule has 6 rings (SSSR count). The Balaban J connectivity index is 1.67. The highest BCUT2D eigenvalue weighted by Gasteiger charge is 2.81. The van der Waals surface area contributed by atoms with Gasteiger partial charge in [-0.25, -0.2) is 4.98 Å². The first kappa shape index (κ1) is 25.8. The molecule has 2 aromatic heterocycles. The standard InChI is InChI=1S/C30H19F6NS2/c1-16-23(21-15-20(13-14-22(21)38-16)18-9-5-3-6-10-18)24-25(29(33,34)30(35,36)28(24,31)32)26-17(2)39-27(37-26)19-11-7-4-8-12-19/h3-15H,1-2H3. The predicted molar refractivity (Wildman–Crippen MR) is 146 cm³/mol. The van der Waals surface area contributed by atoms with Crippen LogP contribution < -0.4 is 0 Å². The van der Waals surface area contributed by atoms with Gasteiger partial charge in [-0.1, -0.05) is 66.7 Å². The van der Waals surface area contributed by atoms with E-state index in [4.69, 9.17) is 0 Å². The van der Waals surface area contributed by atoms with Crippen molar-refractivity contribution in [1.82, 2.24) is 4.98 Å². The summed E-state index contributed by atoms with van der Waals surface area (Å²) < 4.78 is 93.1. The fourth-order valence-corrected chi connectivity index (χ4v) is 7.02. The van der Waals surface area contributed by atoms with Crippen molar-refractivity contribution in [1.29, 1.82) is 0 Å². The van der Waals surface area contributed by atoms with Crippen LogP contribution in [0.4, 0.5) is 26.3 Å². The van der Waals surface area contributed by atoms with E-state index in [1.807, 2.05) is 30.3 Å². The molecular formula is C30H19F6NS2. The van der Waals surface area contributed by atoms with E-state index in [0.29, 0.717) is 15.8 Å². The summed E-state index contributed by atoms with van der Waals surface area (Å²) in [5, 5.41) is 0.498. The molecule has 0 aliphatic heterocycles. The Bertz CT molecular complexity index is 1750. The van der Waals surface area contributed by atoms with Crippen LogP contribution in [0.15, 0.2) is 78.9 Å². The lowest BCUT2D eigenvalue weighted by atomic mass is 9.93. The molecule has 5 aromatic rings. The lowest BCUT2D eigenvalue weighted by Gasteiger charge is -2.25. The first-order valence-corrected chi connectivity index (χ1v) is 13.6. The van der Waals surface area contributed by atoms with Gasteiger partial charge in [-0.3, -0.25) is 0 Å². The highest BCUT2D eigenvalue weighted by molar-refractivity contribution is 7.19. The van der Waals surface area contributed by atoms with Gasteiger partial charge in [0.25, 0.3) is 0 Å². The van der Waals surface area contributed by atoms with Gasteiger partial charge in [-0.15, -0.1) is 22.7 Å². The van der Waals surface area contributed by atoms with E-state index >= 15 is 26.3 Å². The Kier molecular flexibility index (Phi) is 5.82. The first-order chi connectivity index (χ1) is 18.4. The van der Waals surface area contributed by atoms with Crippen LogP contribution in [0, 0.1) is 13.8 Å². The molecule has 0 amide bonds. The number of nitrogens with zero attached hydrogens (tertiary/aromatic N) is 1. The molecule has 0 radical (unpaired) electrons. The zero-order valence-corrected chi connectivity index (χ0v) is 22.2. The van der Waals surface area contributed by atoms with Crippen molar-refractivity contribution in [2.24, 2.45) is 0 Å². The molecule has 0 atom stereocenters. The van der Waals surface area contributed by atoms with Gasteiger partial charge in [0.15, 0.2) is 0 Å². The van der Waals surface area contributed by atoms with Gasteiger partial charge < -0.3 is 0 Å². The third-order valence-corrected chi connectivity index (χ3v) is 9.05. The highest BCUT2D eigenvalue weighted by Crippen LogP contribution is 2.66. The van der Waals surface area contributed by atoms with Gasteiger partial charge in [-0.2, -0.15) is 26.3 Å². The largest absolute Gasteiger partial charge is 0.380 e. The van der Waals surface area contributed by atoms with Crippen molar-refractivity contribution in [3.05, 3.63) is 99.9 Å². The van der Waals surface area contributed by atoms with Crippen LogP contribution in [0.25, 0.3) is 42.9 Å². The lowest BCUT2D eigenvalue weighted by molar-refractivity contribution is -0.254. The van der Waals surface area contributed by atoms with E-state index in [1.54, 1.807) is 48.5 Å². The SMILES string of the molecule is Cc1sc(-c2ccccc2)nc1C1=C(c2c(C)sc3ccc(-c4ccccc4)cc23)C(F)(F)C(F)(F)C1(F)F. The number of thiophene rings is 1. The number of hydrogen-bond donors (Lipinski definition) is 0. The van der Waals surface area contributed by atoms with Crippen LogP contribution in [-0.2, 0) is 0 Å². The van der Waals surface area contributed by atoms with Crippen LogP contribution in [0.1, 0.15) is 21.0 Å². The summed E-state index contributed by atoms with van der Waals surface area (Å²) >= 11 is 2.10. The van der Waals surface area contributed by atoms with E-state index in [0.717, 1.165) is 28.2 Å². The molecule has 2 heterocycles. The Labute approximate surface area is 228 Å². The molecule has 0 spiro atoms. The van der Waals surface area contributed by atoms with Crippen molar-refractivity contribution < 1.29 is 26.3 Å². The van der Waals surface area contributed by atoms with Gasteiger partial charge in [0.05, 0.1) is 11.3 Å².